The summed E-state index contributed by atoms with van der Waals surface area (Å²) in [5, 5.41) is 0. The van der Waals surface area contributed by atoms with Crippen molar-refractivity contribution < 1.29 is 8.42 Å². The lowest BCUT2D eigenvalue weighted by molar-refractivity contribution is 0.597. The van der Waals surface area contributed by atoms with Crippen LogP contribution in [0.25, 0.3) is 6.08 Å². The summed E-state index contributed by atoms with van der Waals surface area (Å²) in [6, 6.07) is 18.6. The van der Waals surface area contributed by atoms with Gasteiger partial charge in [0.25, 0.3) is 0 Å². The van der Waals surface area contributed by atoms with Gasteiger partial charge in [-0.15, -0.1) is 0 Å². The first-order valence-corrected chi connectivity index (χ1v) is 9.53. The second-order valence-electron chi connectivity index (χ2n) is 5.79. The molecule has 0 aromatic heterocycles. The Balaban J connectivity index is 2.12. The molecular weight excluding hydrogens is 316 g/mol. The molecule has 0 unspecified atom stereocenters. The highest BCUT2D eigenvalue weighted by Crippen LogP contribution is 2.37. The molecule has 0 bridgehead atoms. The fourth-order valence-electron chi connectivity index (χ4n) is 3.05. The van der Waals surface area contributed by atoms with E-state index in [1.807, 2.05) is 36.4 Å². The van der Waals surface area contributed by atoms with Gasteiger partial charge in [-0.2, -0.15) is 0 Å². The van der Waals surface area contributed by atoms with Crippen molar-refractivity contribution in [2.45, 2.75) is 24.2 Å². The summed E-state index contributed by atoms with van der Waals surface area (Å²) < 4.78 is 26.0. The maximum absolute atomic E-state index is 13.0. The Kier molecular flexibility index (Phi) is 4.81. The zero-order valence-electron chi connectivity index (χ0n) is 13.5. The van der Waals surface area contributed by atoms with Crippen molar-refractivity contribution in [2.75, 3.05) is 0 Å². The molecule has 0 N–H and O–H groups in total. The van der Waals surface area contributed by atoms with E-state index >= 15 is 0 Å². The van der Waals surface area contributed by atoms with Crippen LogP contribution in [0.4, 0.5) is 0 Å². The summed E-state index contributed by atoms with van der Waals surface area (Å²) in [5.41, 5.74) is 2.87. The van der Waals surface area contributed by atoms with Crippen LogP contribution in [0.15, 0.2) is 94.3 Å². The van der Waals surface area contributed by atoms with Crippen molar-refractivity contribution in [3.8, 4) is 0 Å². The van der Waals surface area contributed by atoms with Gasteiger partial charge in [0.15, 0.2) is 0 Å². The van der Waals surface area contributed by atoms with E-state index in [0.717, 1.165) is 29.6 Å². The van der Waals surface area contributed by atoms with E-state index in [2.05, 4.69) is 12.7 Å². The molecule has 3 heteroatoms. The molecule has 0 saturated carbocycles. The first-order valence-electron chi connectivity index (χ1n) is 8.04. The Bertz CT molecular complexity index is 889. The Labute approximate surface area is 143 Å². The van der Waals surface area contributed by atoms with Crippen LogP contribution in [0.1, 0.15) is 24.8 Å². The normalized spacial score (nSPS) is 17.1. The number of hydrogen-bond donors (Lipinski definition) is 0. The Hall–Kier alpha value is -2.39. The molecule has 0 aliphatic heterocycles. The van der Waals surface area contributed by atoms with Gasteiger partial charge in [-0.05, 0) is 48.1 Å². The number of sulfone groups is 1. The van der Waals surface area contributed by atoms with E-state index in [-0.39, 0.29) is 0 Å². The average Bonchev–Trinajstić information content (AvgIpc) is 2.63. The fraction of sp³-hybridized carbons (Fsp3) is 0.143. The van der Waals surface area contributed by atoms with Crippen LogP contribution in [0.2, 0.25) is 0 Å². The molecule has 0 radical (unpaired) electrons. The van der Waals surface area contributed by atoms with Crippen LogP contribution in [0.5, 0.6) is 0 Å². The number of benzene rings is 2. The Morgan fingerprint density at radius 1 is 0.875 bits per heavy atom. The minimum atomic E-state index is -3.48. The van der Waals surface area contributed by atoms with E-state index in [9.17, 15) is 8.42 Å². The first-order chi connectivity index (χ1) is 11.6. The van der Waals surface area contributed by atoms with Crippen molar-refractivity contribution in [1.82, 2.24) is 0 Å². The van der Waals surface area contributed by atoms with Crippen LogP contribution >= 0.6 is 0 Å². The monoisotopic (exact) mass is 336 g/mol. The van der Waals surface area contributed by atoms with Crippen LogP contribution in [-0.4, -0.2) is 8.42 Å². The summed E-state index contributed by atoms with van der Waals surface area (Å²) in [5.74, 6) is 0. The van der Waals surface area contributed by atoms with Gasteiger partial charge in [-0.1, -0.05) is 67.3 Å². The second-order valence-corrected chi connectivity index (χ2v) is 7.76. The highest BCUT2D eigenvalue weighted by atomic mass is 32.2. The molecule has 0 spiro atoms. The topological polar surface area (TPSA) is 34.1 Å². The zero-order valence-corrected chi connectivity index (χ0v) is 14.3. The molecule has 3 rings (SSSR count). The maximum atomic E-state index is 13.0. The van der Waals surface area contributed by atoms with Gasteiger partial charge in [0.1, 0.15) is 0 Å². The average molecular weight is 336 g/mol. The van der Waals surface area contributed by atoms with Gasteiger partial charge in [0, 0.05) is 0 Å². The molecule has 0 saturated heterocycles. The van der Waals surface area contributed by atoms with Gasteiger partial charge in [0.05, 0.1) is 9.80 Å². The molecule has 2 aromatic rings. The van der Waals surface area contributed by atoms with Gasteiger partial charge in [-0.25, -0.2) is 8.42 Å². The molecule has 0 heterocycles. The molecule has 0 atom stereocenters. The molecule has 24 heavy (non-hydrogen) atoms. The van der Waals surface area contributed by atoms with E-state index in [0.29, 0.717) is 16.2 Å². The lowest BCUT2D eigenvalue weighted by Crippen LogP contribution is -2.12. The molecular formula is C21H20O2S. The summed E-state index contributed by atoms with van der Waals surface area (Å²) in [4.78, 5) is 0.831. The molecule has 2 aromatic carbocycles. The molecule has 0 amide bonds. The summed E-state index contributed by atoms with van der Waals surface area (Å²) in [6.07, 6.45) is 6.01. The molecule has 0 fully saturated rings. The molecule has 1 aliphatic rings. The summed E-state index contributed by atoms with van der Waals surface area (Å²) >= 11 is 0. The fourth-order valence-corrected chi connectivity index (χ4v) is 4.77. The van der Waals surface area contributed by atoms with Crippen molar-refractivity contribution in [2.24, 2.45) is 0 Å². The van der Waals surface area contributed by atoms with Gasteiger partial charge >= 0.3 is 0 Å². The minimum Gasteiger partial charge on any atom is -0.219 e. The third-order valence-electron chi connectivity index (χ3n) is 4.22. The third kappa shape index (κ3) is 3.26. The SMILES string of the molecule is C=CC1=C(S(=O)(=O)c2ccccc2)CCC/C1=C\c1ccccc1. The van der Waals surface area contributed by atoms with Gasteiger partial charge in [-0.3, -0.25) is 0 Å². The van der Waals surface area contributed by atoms with Crippen LogP contribution in [0.3, 0.4) is 0 Å². The first kappa shape index (κ1) is 16.5. The van der Waals surface area contributed by atoms with Crippen LogP contribution in [0, 0.1) is 0 Å². The van der Waals surface area contributed by atoms with Crippen LogP contribution < -0.4 is 0 Å². The van der Waals surface area contributed by atoms with Crippen LogP contribution in [-0.2, 0) is 9.84 Å². The Morgan fingerprint density at radius 2 is 1.50 bits per heavy atom. The van der Waals surface area contributed by atoms with E-state index < -0.39 is 9.84 Å². The highest BCUT2D eigenvalue weighted by Gasteiger charge is 2.27. The van der Waals surface area contributed by atoms with Gasteiger partial charge < -0.3 is 0 Å². The minimum absolute atomic E-state index is 0.348. The largest absolute Gasteiger partial charge is 0.219 e. The standard InChI is InChI=1S/C21H20O2S/c1-2-20-18(16-17-10-5-3-6-11-17)12-9-15-21(20)24(22,23)19-13-7-4-8-14-19/h2-8,10-11,13-14,16H,1,9,12,15H2/b18-16+. The molecule has 2 nitrogen and oxygen atoms in total. The quantitative estimate of drug-likeness (QED) is 0.772. The number of allylic oxidation sites excluding steroid dienone is 4. The van der Waals surface area contributed by atoms with Crippen molar-refractivity contribution in [3.63, 3.8) is 0 Å². The second kappa shape index (κ2) is 7.02. The van der Waals surface area contributed by atoms with E-state index in [1.165, 1.54) is 0 Å². The van der Waals surface area contributed by atoms with Crippen molar-refractivity contribution in [1.29, 1.82) is 0 Å². The maximum Gasteiger partial charge on any atom is 0.203 e. The number of rotatable bonds is 4. The summed E-state index contributed by atoms with van der Waals surface area (Å²) in [6.45, 7) is 3.87. The predicted molar refractivity (Wildman–Crippen MR) is 99.1 cm³/mol. The smallest absolute Gasteiger partial charge is 0.203 e. The highest BCUT2D eigenvalue weighted by molar-refractivity contribution is 7.95. The van der Waals surface area contributed by atoms with E-state index in [1.54, 1.807) is 30.3 Å². The van der Waals surface area contributed by atoms with Crippen molar-refractivity contribution >= 4 is 15.9 Å². The zero-order chi connectivity index (χ0) is 17.0. The van der Waals surface area contributed by atoms with Crippen molar-refractivity contribution in [3.05, 3.63) is 94.9 Å². The Morgan fingerprint density at radius 3 is 2.12 bits per heavy atom. The summed E-state index contributed by atoms with van der Waals surface area (Å²) in [7, 11) is -3.48. The molecule has 1 aliphatic carbocycles. The van der Waals surface area contributed by atoms with E-state index in [4.69, 9.17) is 0 Å². The number of hydrogen-bond acceptors (Lipinski definition) is 2. The third-order valence-corrected chi connectivity index (χ3v) is 6.18. The lowest BCUT2D eigenvalue weighted by atomic mass is 9.91. The molecule has 122 valence electrons. The van der Waals surface area contributed by atoms with Gasteiger partial charge in [0.2, 0.25) is 9.84 Å². The lowest BCUT2D eigenvalue weighted by Gasteiger charge is -2.21. The predicted octanol–water partition coefficient (Wildman–Crippen LogP) is 5.17.